The van der Waals surface area contributed by atoms with Crippen LogP contribution in [0.25, 0.3) is 0 Å². The summed E-state index contributed by atoms with van der Waals surface area (Å²) in [5.41, 5.74) is -1.92. The topological polar surface area (TPSA) is 89.9 Å². The summed E-state index contributed by atoms with van der Waals surface area (Å²) in [5, 5.41) is 11.2. The van der Waals surface area contributed by atoms with Gasteiger partial charge in [-0.25, -0.2) is 0 Å². The van der Waals surface area contributed by atoms with Crippen molar-refractivity contribution in [2.75, 3.05) is 6.61 Å². The Morgan fingerprint density at radius 3 is 2.64 bits per heavy atom. The van der Waals surface area contributed by atoms with Gasteiger partial charge >= 0.3 is 5.97 Å². The number of hydrogen-bond acceptors (Lipinski definition) is 6. The standard InChI is InChI=1S/C22H28O6/c1-10-12-5-6-13-21-9-27-15(19(26)22(13,17(10)24)18(12)25)16(21)20(3,4)8-7-14(21)28-11(2)23/h12-16,18,25H,1,5-9H2,2-4H3/t12-,13-,14-,15-,16+,18+,21+,22-/m0/s1. The Labute approximate surface area is 164 Å². The Balaban J connectivity index is 1.75. The Morgan fingerprint density at radius 2 is 1.96 bits per heavy atom. The van der Waals surface area contributed by atoms with E-state index in [0.717, 1.165) is 6.42 Å². The second-order valence-electron chi connectivity index (χ2n) is 10.2. The molecule has 1 saturated heterocycles. The van der Waals surface area contributed by atoms with Crippen LogP contribution in [-0.2, 0) is 23.9 Å². The van der Waals surface area contributed by atoms with Crippen LogP contribution in [0.5, 0.6) is 0 Å². The SMILES string of the molecule is C=C1C(=O)[C@@]23C(=O)[C@H]4OC[C@]5([C@@H](OC(C)=O)CCC(C)(C)[C@@H]45)[C@@H]2CC[C@@H]1[C@H]3O. The first-order valence-corrected chi connectivity index (χ1v) is 10.3. The molecule has 5 aliphatic rings. The van der Waals surface area contributed by atoms with E-state index in [1.54, 1.807) is 0 Å². The lowest BCUT2D eigenvalue weighted by Gasteiger charge is -2.62. The second-order valence-corrected chi connectivity index (χ2v) is 10.2. The lowest BCUT2D eigenvalue weighted by atomic mass is 9.39. The molecule has 6 heteroatoms. The number of aliphatic hydroxyl groups excluding tert-OH is 1. The van der Waals surface area contributed by atoms with Crippen molar-refractivity contribution >= 4 is 17.5 Å². The first-order chi connectivity index (χ1) is 13.1. The summed E-state index contributed by atoms with van der Waals surface area (Å²) in [7, 11) is 0. The zero-order valence-electron chi connectivity index (χ0n) is 16.7. The molecule has 4 aliphatic carbocycles. The van der Waals surface area contributed by atoms with Gasteiger partial charge < -0.3 is 14.6 Å². The minimum atomic E-state index is -1.48. The first kappa shape index (κ1) is 18.5. The molecule has 0 radical (unpaired) electrons. The number of carbonyl (C=O) groups excluding carboxylic acids is 3. The molecule has 5 fully saturated rings. The molecule has 0 amide bonds. The monoisotopic (exact) mass is 388 g/mol. The molecule has 4 saturated carbocycles. The minimum absolute atomic E-state index is 0.133. The van der Waals surface area contributed by atoms with Gasteiger partial charge in [-0.05, 0) is 42.6 Å². The number of fused-ring (bicyclic) bond motifs is 1. The molecule has 1 heterocycles. The number of esters is 1. The van der Waals surface area contributed by atoms with Crippen LogP contribution >= 0.6 is 0 Å². The molecule has 4 bridgehead atoms. The quantitative estimate of drug-likeness (QED) is 0.419. The molecular formula is C22H28O6. The van der Waals surface area contributed by atoms with E-state index in [4.69, 9.17) is 9.47 Å². The fourth-order valence-electron chi connectivity index (χ4n) is 7.90. The van der Waals surface area contributed by atoms with Gasteiger partial charge in [0.1, 0.15) is 17.6 Å². The maximum Gasteiger partial charge on any atom is 0.302 e. The molecule has 8 atom stereocenters. The highest BCUT2D eigenvalue weighted by molar-refractivity contribution is 6.19. The van der Waals surface area contributed by atoms with E-state index in [2.05, 4.69) is 20.4 Å². The van der Waals surface area contributed by atoms with Crippen LogP contribution in [0.1, 0.15) is 46.5 Å². The fraction of sp³-hybridized carbons (Fsp3) is 0.773. The van der Waals surface area contributed by atoms with Crippen molar-refractivity contribution in [2.45, 2.75) is 64.8 Å². The number of ether oxygens (including phenoxy) is 2. The van der Waals surface area contributed by atoms with Crippen LogP contribution < -0.4 is 0 Å². The van der Waals surface area contributed by atoms with E-state index in [1.165, 1.54) is 6.92 Å². The molecule has 152 valence electrons. The van der Waals surface area contributed by atoms with Gasteiger partial charge in [0.05, 0.1) is 12.7 Å². The van der Waals surface area contributed by atoms with Gasteiger partial charge in [-0.15, -0.1) is 0 Å². The van der Waals surface area contributed by atoms with E-state index in [0.29, 0.717) is 31.4 Å². The average molecular weight is 388 g/mol. The molecule has 1 aliphatic heterocycles. The van der Waals surface area contributed by atoms with E-state index in [-0.39, 0.29) is 34.8 Å². The van der Waals surface area contributed by atoms with Crippen molar-refractivity contribution in [2.24, 2.45) is 34.0 Å². The van der Waals surface area contributed by atoms with Crippen molar-refractivity contribution in [1.82, 2.24) is 0 Å². The maximum atomic E-state index is 13.8. The molecule has 0 unspecified atom stereocenters. The zero-order chi connectivity index (χ0) is 20.2. The van der Waals surface area contributed by atoms with E-state index < -0.39 is 35.1 Å². The highest BCUT2D eigenvalue weighted by atomic mass is 16.6. The Kier molecular flexibility index (Phi) is 3.52. The zero-order valence-corrected chi connectivity index (χ0v) is 16.7. The van der Waals surface area contributed by atoms with Crippen molar-refractivity contribution in [3.05, 3.63) is 12.2 Å². The van der Waals surface area contributed by atoms with Gasteiger partial charge in [0.2, 0.25) is 0 Å². The van der Waals surface area contributed by atoms with Gasteiger partial charge in [-0.2, -0.15) is 0 Å². The summed E-state index contributed by atoms with van der Waals surface area (Å²) in [6.45, 7) is 9.90. The van der Waals surface area contributed by atoms with Crippen molar-refractivity contribution in [3.8, 4) is 0 Å². The summed E-state index contributed by atoms with van der Waals surface area (Å²) in [4.78, 5) is 39.1. The molecule has 0 aromatic carbocycles. The molecule has 28 heavy (non-hydrogen) atoms. The smallest absolute Gasteiger partial charge is 0.302 e. The van der Waals surface area contributed by atoms with E-state index >= 15 is 0 Å². The third kappa shape index (κ3) is 1.76. The Hall–Kier alpha value is -1.53. The summed E-state index contributed by atoms with van der Waals surface area (Å²) in [6.07, 6.45) is 0.547. The average Bonchev–Trinajstić information content (AvgIpc) is 3.04. The second kappa shape index (κ2) is 5.33. The summed E-state index contributed by atoms with van der Waals surface area (Å²) < 4.78 is 11.9. The number of carbonyl (C=O) groups is 3. The van der Waals surface area contributed by atoms with Crippen molar-refractivity contribution in [1.29, 1.82) is 0 Å². The predicted octanol–water partition coefficient (Wildman–Crippen LogP) is 1.83. The molecule has 5 rings (SSSR count). The van der Waals surface area contributed by atoms with E-state index in [9.17, 15) is 19.5 Å². The number of rotatable bonds is 1. The summed E-state index contributed by atoms with van der Waals surface area (Å²) in [6, 6.07) is 0. The van der Waals surface area contributed by atoms with Crippen molar-refractivity contribution < 1.29 is 29.0 Å². The molecular weight excluding hydrogens is 360 g/mol. The molecule has 1 spiro atoms. The van der Waals surface area contributed by atoms with Crippen LogP contribution in [0.4, 0.5) is 0 Å². The summed E-state index contributed by atoms with van der Waals surface area (Å²) in [5.74, 6) is -1.82. The predicted molar refractivity (Wildman–Crippen MR) is 98.0 cm³/mol. The van der Waals surface area contributed by atoms with Crippen LogP contribution in [0.3, 0.4) is 0 Å². The number of aliphatic hydroxyl groups is 1. The largest absolute Gasteiger partial charge is 0.462 e. The number of ketones is 2. The Bertz CT molecular complexity index is 814. The molecule has 0 aromatic rings. The molecule has 1 N–H and O–H groups in total. The van der Waals surface area contributed by atoms with Crippen LogP contribution in [0, 0.1) is 34.0 Å². The maximum absolute atomic E-state index is 13.8. The van der Waals surface area contributed by atoms with Gasteiger partial charge in [0.25, 0.3) is 0 Å². The lowest BCUT2D eigenvalue weighted by molar-refractivity contribution is -0.215. The van der Waals surface area contributed by atoms with Crippen LogP contribution in [0.2, 0.25) is 0 Å². The van der Waals surface area contributed by atoms with Gasteiger partial charge in [-0.1, -0.05) is 20.4 Å². The van der Waals surface area contributed by atoms with E-state index in [1.807, 2.05) is 0 Å². The normalized spacial score (nSPS) is 50.9. The van der Waals surface area contributed by atoms with Gasteiger partial charge in [0, 0.05) is 24.2 Å². The third-order valence-electron chi connectivity index (χ3n) is 8.79. The van der Waals surface area contributed by atoms with Gasteiger partial charge in [0.15, 0.2) is 11.6 Å². The Morgan fingerprint density at radius 1 is 1.25 bits per heavy atom. The molecule has 0 aromatic heterocycles. The van der Waals surface area contributed by atoms with Gasteiger partial charge in [-0.3, -0.25) is 14.4 Å². The third-order valence-corrected chi connectivity index (χ3v) is 8.79. The minimum Gasteiger partial charge on any atom is -0.462 e. The summed E-state index contributed by atoms with van der Waals surface area (Å²) >= 11 is 0. The highest BCUT2D eigenvalue weighted by Crippen LogP contribution is 2.73. The molecule has 6 nitrogen and oxygen atoms in total. The van der Waals surface area contributed by atoms with Crippen LogP contribution in [0.15, 0.2) is 12.2 Å². The first-order valence-electron chi connectivity index (χ1n) is 10.3. The van der Waals surface area contributed by atoms with Crippen LogP contribution in [-0.4, -0.2) is 47.6 Å². The number of hydrogen-bond donors (Lipinski definition) is 1. The number of Topliss-reactive ketones (excluding diaryl/α,β-unsaturated/α-hetero) is 2. The fourth-order valence-corrected chi connectivity index (χ4v) is 7.90. The lowest BCUT2D eigenvalue weighted by Crippen LogP contribution is -2.71. The van der Waals surface area contributed by atoms with Crippen molar-refractivity contribution in [3.63, 3.8) is 0 Å². The highest BCUT2D eigenvalue weighted by Gasteiger charge is 2.82.